The number of imidazole rings is 1. The minimum Gasteiger partial charge on any atom is -0.475 e. The van der Waals surface area contributed by atoms with Crippen molar-refractivity contribution in [2.24, 2.45) is 0 Å². The highest BCUT2D eigenvalue weighted by atomic mass is 16.4. The molecule has 72 valence electrons. The second kappa shape index (κ2) is 2.73. The molecule has 1 aromatic carbocycles. The van der Waals surface area contributed by atoms with Gasteiger partial charge in [-0.2, -0.15) is 0 Å². The fraction of sp³-hybridized carbons (Fsp3) is 0.111. The SMILES string of the molecule is Cc1c(N)ccc2[nH]c(C(=O)O)nc12. The van der Waals surface area contributed by atoms with Gasteiger partial charge in [-0.05, 0) is 24.6 Å². The first kappa shape index (κ1) is 8.55. The van der Waals surface area contributed by atoms with Crippen LogP contribution >= 0.6 is 0 Å². The van der Waals surface area contributed by atoms with Gasteiger partial charge in [0.2, 0.25) is 5.82 Å². The van der Waals surface area contributed by atoms with Crippen LogP contribution in [0.25, 0.3) is 11.0 Å². The van der Waals surface area contributed by atoms with Gasteiger partial charge in [-0.1, -0.05) is 0 Å². The van der Waals surface area contributed by atoms with Crippen LogP contribution in [0.1, 0.15) is 16.2 Å². The van der Waals surface area contributed by atoms with Crippen LogP contribution in [0.5, 0.6) is 0 Å². The maximum Gasteiger partial charge on any atom is 0.371 e. The average Bonchev–Trinajstić information content (AvgIpc) is 2.56. The molecule has 5 nitrogen and oxygen atoms in total. The Hall–Kier alpha value is -2.04. The number of anilines is 1. The fourth-order valence-corrected chi connectivity index (χ4v) is 1.33. The van der Waals surface area contributed by atoms with Crippen molar-refractivity contribution in [3.8, 4) is 0 Å². The molecular weight excluding hydrogens is 182 g/mol. The number of fused-ring (bicyclic) bond motifs is 1. The minimum atomic E-state index is -1.07. The monoisotopic (exact) mass is 191 g/mol. The zero-order valence-electron chi connectivity index (χ0n) is 7.53. The van der Waals surface area contributed by atoms with E-state index in [2.05, 4.69) is 9.97 Å². The number of nitrogen functional groups attached to an aromatic ring is 1. The van der Waals surface area contributed by atoms with Gasteiger partial charge in [-0.25, -0.2) is 9.78 Å². The number of nitrogens with zero attached hydrogens (tertiary/aromatic N) is 1. The molecule has 0 unspecified atom stereocenters. The van der Waals surface area contributed by atoms with Gasteiger partial charge in [-0.3, -0.25) is 0 Å². The van der Waals surface area contributed by atoms with Crippen LogP contribution < -0.4 is 5.73 Å². The first-order chi connectivity index (χ1) is 6.59. The van der Waals surface area contributed by atoms with E-state index in [4.69, 9.17) is 10.8 Å². The van der Waals surface area contributed by atoms with Crippen molar-refractivity contribution in [3.05, 3.63) is 23.5 Å². The number of carboxylic acids is 1. The van der Waals surface area contributed by atoms with E-state index in [9.17, 15) is 4.79 Å². The normalized spacial score (nSPS) is 10.6. The maximum absolute atomic E-state index is 10.6. The summed E-state index contributed by atoms with van der Waals surface area (Å²) >= 11 is 0. The molecule has 1 heterocycles. The molecule has 0 fully saturated rings. The van der Waals surface area contributed by atoms with E-state index in [0.29, 0.717) is 16.7 Å². The lowest BCUT2D eigenvalue weighted by Crippen LogP contribution is -1.97. The van der Waals surface area contributed by atoms with Gasteiger partial charge >= 0.3 is 5.97 Å². The smallest absolute Gasteiger partial charge is 0.371 e. The molecule has 0 atom stereocenters. The van der Waals surface area contributed by atoms with Crippen LogP contribution in [0, 0.1) is 6.92 Å². The Balaban J connectivity index is 2.77. The number of benzene rings is 1. The Labute approximate surface area is 79.6 Å². The molecular formula is C9H9N3O2. The van der Waals surface area contributed by atoms with Crippen LogP contribution in [0.4, 0.5) is 5.69 Å². The lowest BCUT2D eigenvalue weighted by molar-refractivity contribution is 0.0685. The molecule has 0 saturated carbocycles. The second-order valence-electron chi connectivity index (χ2n) is 3.07. The molecule has 0 bridgehead atoms. The molecule has 0 aliphatic carbocycles. The number of H-pyrrole nitrogens is 1. The Morgan fingerprint density at radius 3 is 2.93 bits per heavy atom. The number of carboxylic acid groups (broad SMARTS) is 1. The summed E-state index contributed by atoms with van der Waals surface area (Å²) in [7, 11) is 0. The van der Waals surface area contributed by atoms with Crippen molar-refractivity contribution in [1.82, 2.24) is 9.97 Å². The summed E-state index contributed by atoms with van der Waals surface area (Å²) in [6.07, 6.45) is 0. The van der Waals surface area contributed by atoms with Gasteiger partial charge in [0, 0.05) is 5.69 Å². The van der Waals surface area contributed by atoms with Crippen molar-refractivity contribution in [2.45, 2.75) is 6.92 Å². The number of aryl methyl sites for hydroxylation is 1. The van der Waals surface area contributed by atoms with E-state index in [1.165, 1.54) is 0 Å². The molecule has 5 heteroatoms. The molecule has 0 aliphatic heterocycles. The van der Waals surface area contributed by atoms with Crippen molar-refractivity contribution in [3.63, 3.8) is 0 Å². The molecule has 0 saturated heterocycles. The maximum atomic E-state index is 10.6. The third kappa shape index (κ3) is 1.10. The molecule has 0 radical (unpaired) electrons. The summed E-state index contributed by atoms with van der Waals surface area (Å²) < 4.78 is 0. The average molecular weight is 191 g/mol. The summed E-state index contributed by atoms with van der Waals surface area (Å²) in [5.74, 6) is -1.13. The summed E-state index contributed by atoms with van der Waals surface area (Å²) in [5, 5.41) is 8.72. The van der Waals surface area contributed by atoms with Crippen LogP contribution in [0.15, 0.2) is 12.1 Å². The lowest BCUT2D eigenvalue weighted by atomic mass is 10.2. The molecule has 0 spiro atoms. The number of rotatable bonds is 1. The predicted molar refractivity (Wildman–Crippen MR) is 52.2 cm³/mol. The van der Waals surface area contributed by atoms with Gasteiger partial charge in [0.25, 0.3) is 0 Å². The first-order valence-electron chi connectivity index (χ1n) is 4.07. The highest BCUT2D eigenvalue weighted by Crippen LogP contribution is 2.21. The number of aromatic nitrogens is 2. The van der Waals surface area contributed by atoms with Gasteiger partial charge < -0.3 is 15.8 Å². The number of nitrogens with one attached hydrogen (secondary N) is 1. The summed E-state index contributed by atoms with van der Waals surface area (Å²) in [6, 6.07) is 3.44. The van der Waals surface area contributed by atoms with E-state index in [-0.39, 0.29) is 5.82 Å². The fourth-order valence-electron chi connectivity index (χ4n) is 1.33. The topological polar surface area (TPSA) is 92.0 Å². The summed E-state index contributed by atoms with van der Waals surface area (Å²) in [4.78, 5) is 17.3. The highest BCUT2D eigenvalue weighted by Gasteiger charge is 2.11. The molecule has 0 amide bonds. The first-order valence-corrected chi connectivity index (χ1v) is 4.07. The van der Waals surface area contributed by atoms with Gasteiger partial charge in [0.05, 0.1) is 11.0 Å². The predicted octanol–water partition coefficient (Wildman–Crippen LogP) is 1.15. The Bertz CT molecular complexity index is 516. The standard InChI is InChI=1S/C9H9N3O2/c1-4-5(10)2-3-6-7(4)12-8(11-6)9(13)14/h2-3H,10H2,1H3,(H,11,12)(H,13,14). The van der Waals surface area contributed by atoms with Crippen molar-refractivity contribution in [2.75, 3.05) is 5.73 Å². The van der Waals surface area contributed by atoms with Crippen LogP contribution in [-0.2, 0) is 0 Å². The van der Waals surface area contributed by atoms with E-state index in [1.54, 1.807) is 12.1 Å². The van der Waals surface area contributed by atoms with E-state index in [1.807, 2.05) is 6.92 Å². The summed E-state index contributed by atoms with van der Waals surface area (Å²) in [6.45, 7) is 1.81. The van der Waals surface area contributed by atoms with Crippen LogP contribution in [0.3, 0.4) is 0 Å². The molecule has 2 rings (SSSR count). The third-order valence-electron chi connectivity index (χ3n) is 2.15. The largest absolute Gasteiger partial charge is 0.475 e. The number of aromatic amines is 1. The second-order valence-corrected chi connectivity index (χ2v) is 3.07. The Morgan fingerprint density at radius 2 is 2.29 bits per heavy atom. The minimum absolute atomic E-state index is 0.0614. The van der Waals surface area contributed by atoms with Crippen LogP contribution in [-0.4, -0.2) is 21.0 Å². The number of hydrogen-bond donors (Lipinski definition) is 3. The Morgan fingerprint density at radius 1 is 1.57 bits per heavy atom. The Kier molecular flexibility index (Phi) is 1.67. The zero-order valence-corrected chi connectivity index (χ0v) is 7.53. The van der Waals surface area contributed by atoms with Crippen molar-refractivity contribution < 1.29 is 9.90 Å². The van der Waals surface area contributed by atoms with Crippen molar-refractivity contribution in [1.29, 1.82) is 0 Å². The third-order valence-corrected chi connectivity index (χ3v) is 2.15. The van der Waals surface area contributed by atoms with Crippen molar-refractivity contribution >= 4 is 22.7 Å². The molecule has 14 heavy (non-hydrogen) atoms. The van der Waals surface area contributed by atoms with E-state index < -0.39 is 5.97 Å². The number of hydrogen-bond acceptors (Lipinski definition) is 3. The quantitative estimate of drug-likeness (QED) is 0.589. The van der Waals surface area contributed by atoms with Gasteiger partial charge in [-0.15, -0.1) is 0 Å². The zero-order chi connectivity index (χ0) is 10.3. The molecule has 1 aromatic heterocycles. The highest BCUT2D eigenvalue weighted by molar-refractivity contribution is 5.91. The summed E-state index contributed by atoms with van der Waals surface area (Å²) in [5.41, 5.74) is 8.38. The number of nitrogens with two attached hydrogens (primary N) is 1. The molecule has 0 aliphatic rings. The van der Waals surface area contributed by atoms with E-state index in [0.717, 1.165) is 5.56 Å². The number of aromatic carboxylic acids is 1. The molecule has 2 aromatic rings. The molecule has 4 N–H and O–H groups in total. The van der Waals surface area contributed by atoms with Crippen LogP contribution in [0.2, 0.25) is 0 Å². The van der Waals surface area contributed by atoms with Gasteiger partial charge in [0.1, 0.15) is 0 Å². The lowest BCUT2D eigenvalue weighted by Gasteiger charge is -1.98. The van der Waals surface area contributed by atoms with E-state index >= 15 is 0 Å². The van der Waals surface area contributed by atoms with Gasteiger partial charge in [0.15, 0.2) is 0 Å². The number of carbonyl (C=O) groups is 1.